The molecule has 5 rings (SSSR count). The molecule has 0 aliphatic heterocycles. The Labute approximate surface area is 227 Å². The molecule has 3 aromatic heterocycles. The molecule has 2 aromatic carbocycles. The van der Waals surface area contributed by atoms with Crippen LogP contribution in [0.25, 0.3) is 27.7 Å². The number of ether oxygens (including phenoxy) is 1. The van der Waals surface area contributed by atoms with Crippen LogP contribution in [0.4, 0.5) is 13.2 Å². The highest BCUT2D eigenvalue weighted by atomic mass is 127. The fourth-order valence-electron chi connectivity index (χ4n) is 4.40. The van der Waals surface area contributed by atoms with Crippen LogP contribution in [0.2, 0.25) is 0 Å². The van der Waals surface area contributed by atoms with E-state index in [1.807, 2.05) is 0 Å². The maximum atomic E-state index is 14.1. The number of nitrogens with zero attached hydrogens (tertiary/aromatic N) is 2. The van der Waals surface area contributed by atoms with Crippen molar-refractivity contribution in [2.75, 3.05) is 6.61 Å². The van der Waals surface area contributed by atoms with Crippen LogP contribution in [0.5, 0.6) is 5.75 Å². The molecule has 194 valence electrons. The van der Waals surface area contributed by atoms with E-state index >= 15 is 0 Å². The highest BCUT2D eigenvalue weighted by Gasteiger charge is 2.28. The van der Waals surface area contributed by atoms with Crippen molar-refractivity contribution in [3.05, 3.63) is 110 Å². The van der Waals surface area contributed by atoms with Crippen LogP contribution < -0.4 is 15.9 Å². The van der Waals surface area contributed by atoms with Gasteiger partial charge in [0.1, 0.15) is 17.0 Å². The van der Waals surface area contributed by atoms with Crippen LogP contribution in [-0.4, -0.2) is 16.2 Å². The minimum atomic E-state index is -3.16. The first-order valence-electron chi connectivity index (χ1n) is 11.7. The summed E-state index contributed by atoms with van der Waals surface area (Å²) in [5.41, 5.74) is -0.320. The Morgan fingerprint density at radius 1 is 1.05 bits per heavy atom. The lowest BCUT2D eigenvalue weighted by Crippen LogP contribution is -2.23. The zero-order valence-electron chi connectivity index (χ0n) is 20.0. The van der Waals surface area contributed by atoms with Crippen molar-refractivity contribution in [3.8, 4) is 11.4 Å². The van der Waals surface area contributed by atoms with Gasteiger partial charge in [0.25, 0.3) is 5.56 Å². The summed E-state index contributed by atoms with van der Waals surface area (Å²) in [6.45, 7) is 1.88. The Kier molecular flexibility index (Phi) is 6.99. The second kappa shape index (κ2) is 10.2. The number of hydrogen-bond acceptors (Lipinski definition) is 5. The maximum absolute atomic E-state index is 14.1. The van der Waals surface area contributed by atoms with Crippen LogP contribution in [0.3, 0.4) is 0 Å². The molecule has 0 aliphatic carbocycles. The Morgan fingerprint density at radius 2 is 1.82 bits per heavy atom. The van der Waals surface area contributed by atoms with Crippen LogP contribution >= 0.6 is 22.6 Å². The summed E-state index contributed by atoms with van der Waals surface area (Å²) in [4.78, 5) is 31.5. The highest BCUT2D eigenvalue weighted by Crippen LogP contribution is 2.36. The zero-order chi connectivity index (χ0) is 27.0. The molecule has 0 aliphatic rings. The number of alkyl halides is 3. The molecule has 0 radical (unpaired) electrons. The number of hydrogen-bond donors (Lipinski definition) is 0. The SMILES string of the molecule is CCOc1c(CCc2ccc(F)cc2)c(=O)oc2c1c(=O)n(-c1cccc(C(F)(F)I)c1)c1ncccc21. The van der Waals surface area contributed by atoms with Crippen molar-refractivity contribution in [2.45, 2.75) is 23.7 Å². The Morgan fingerprint density at radius 3 is 2.53 bits per heavy atom. The van der Waals surface area contributed by atoms with Crippen LogP contribution in [0.15, 0.2) is 80.9 Å². The summed E-state index contributed by atoms with van der Waals surface area (Å²) in [6, 6.07) is 14.6. The summed E-state index contributed by atoms with van der Waals surface area (Å²) in [7, 11) is 0. The van der Waals surface area contributed by atoms with Gasteiger partial charge in [-0.2, -0.15) is 8.78 Å². The third-order valence-electron chi connectivity index (χ3n) is 6.13. The van der Waals surface area contributed by atoms with Gasteiger partial charge < -0.3 is 9.15 Å². The fourth-order valence-corrected chi connectivity index (χ4v) is 4.73. The first-order chi connectivity index (χ1) is 18.2. The number of aryl methyl sites for hydroxylation is 1. The number of pyridine rings is 2. The molecule has 0 fully saturated rings. The predicted octanol–water partition coefficient (Wildman–Crippen LogP) is 6.30. The normalized spacial score (nSPS) is 11.8. The molecule has 0 spiro atoms. The molecule has 0 unspecified atom stereocenters. The van der Waals surface area contributed by atoms with Gasteiger partial charge in [0.2, 0.25) is 0 Å². The molecule has 6 nitrogen and oxygen atoms in total. The molecule has 0 saturated carbocycles. The standard InChI is InChI=1S/C28H20F3IN2O4/c1-2-37-23-21(13-10-16-8-11-18(29)12-9-16)27(36)38-24-20-7-4-14-33-25(20)34(26(35)22(23)24)19-6-3-5-17(15-19)28(30,31)32/h3-9,11-12,14-15H,2,10,13H2,1H3. The van der Waals surface area contributed by atoms with Crippen LogP contribution in [0.1, 0.15) is 23.6 Å². The molecular weight excluding hydrogens is 612 g/mol. The second-order valence-electron chi connectivity index (χ2n) is 8.52. The van der Waals surface area contributed by atoms with Crippen molar-refractivity contribution in [3.63, 3.8) is 0 Å². The molecule has 0 atom stereocenters. The van der Waals surface area contributed by atoms with Gasteiger partial charge in [-0.15, -0.1) is 0 Å². The topological polar surface area (TPSA) is 74.3 Å². The van der Waals surface area contributed by atoms with Gasteiger partial charge in [-0.1, -0.05) is 24.3 Å². The Balaban J connectivity index is 1.80. The van der Waals surface area contributed by atoms with E-state index in [2.05, 4.69) is 4.98 Å². The summed E-state index contributed by atoms with van der Waals surface area (Å²) < 4.78 is 51.2. The summed E-state index contributed by atoms with van der Waals surface area (Å²) in [5.74, 6) is -0.305. The van der Waals surface area contributed by atoms with Gasteiger partial charge in [-0.3, -0.25) is 9.36 Å². The number of benzene rings is 2. The molecule has 10 heteroatoms. The van der Waals surface area contributed by atoms with Gasteiger partial charge in [-0.25, -0.2) is 14.2 Å². The number of rotatable bonds is 7. The van der Waals surface area contributed by atoms with E-state index in [-0.39, 0.29) is 58.0 Å². The maximum Gasteiger partial charge on any atom is 0.343 e. The first-order valence-corrected chi connectivity index (χ1v) is 12.8. The third-order valence-corrected chi connectivity index (χ3v) is 6.75. The summed E-state index contributed by atoms with van der Waals surface area (Å²) >= 11 is 1.03. The third kappa shape index (κ3) is 4.80. The van der Waals surface area contributed by atoms with Gasteiger partial charge in [0, 0.05) is 34.4 Å². The zero-order valence-corrected chi connectivity index (χ0v) is 22.2. The summed E-state index contributed by atoms with van der Waals surface area (Å²) in [6.07, 6.45) is 1.99. The van der Waals surface area contributed by atoms with Crippen molar-refractivity contribution >= 4 is 44.6 Å². The molecule has 0 saturated heterocycles. The summed E-state index contributed by atoms with van der Waals surface area (Å²) in [5, 5.41) is 0.351. The van der Waals surface area contributed by atoms with Gasteiger partial charge in [0.15, 0.2) is 11.2 Å². The quantitative estimate of drug-likeness (QED) is 0.120. The first kappa shape index (κ1) is 26.0. The molecule has 0 amide bonds. The molecule has 38 heavy (non-hydrogen) atoms. The molecular formula is C28H20F3IN2O4. The molecule has 5 aromatic rings. The van der Waals surface area contributed by atoms with Crippen LogP contribution in [-0.2, 0) is 16.8 Å². The largest absolute Gasteiger partial charge is 0.492 e. The molecule has 3 heterocycles. The van der Waals surface area contributed by atoms with Crippen LogP contribution in [0, 0.1) is 5.82 Å². The van der Waals surface area contributed by atoms with E-state index in [0.717, 1.165) is 28.2 Å². The number of aromatic nitrogens is 2. The van der Waals surface area contributed by atoms with Crippen molar-refractivity contribution in [1.82, 2.24) is 9.55 Å². The predicted molar refractivity (Wildman–Crippen MR) is 146 cm³/mol. The number of halogens is 4. The monoisotopic (exact) mass is 632 g/mol. The van der Waals surface area contributed by atoms with E-state index in [1.54, 1.807) is 31.2 Å². The lowest BCUT2D eigenvalue weighted by atomic mass is 10.0. The lowest BCUT2D eigenvalue weighted by molar-refractivity contribution is 0.127. The van der Waals surface area contributed by atoms with Gasteiger partial charge >= 0.3 is 9.55 Å². The van der Waals surface area contributed by atoms with Crippen molar-refractivity contribution in [2.24, 2.45) is 0 Å². The lowest BCUT2D eigenvalue weighted by Gasteiger charge is -2.17. The van der Waals surface area contributed by atoms with E-state index in [4.69, 9.17) is 9.15 Å². The van der Waals surface area contributed by atoms with E-state index in [1.165, 1.54) is 47.2 Å². The van der Waals surface area contributed by atoms with E-state index in [0.29, 0.717) is 11.8 Å². The average Bonchev–Trinajstić information content (AvgIpc) is 2.89. The Bertz CT molecular complexity index is 1780. The van der Waals surface area contributed by atoms with Gasteiger partial charge in [-0.05, 0) is 61.7 Å². The second-order valence-corrected chi connectivity index (χ2v) is 9.88. The van der Waals surface area contributed by atoms with Crippen molar-refractivity contribution < 1.29 is 22.3 Å². The minimum Gasteiger partial charge on any atom is -0.492 e. The fraction of sp³-hybridized carbons (Fsp3) is 0.179. The van der Waals surface area contributed by atoms with Gasteiger partial charge in [0.05, 0.1) is 23.2 Å². The average molecular weight is 632 g/mol. The van der Waals surface area contributed by atoms with E-state index < -0.39 is 15.1 Å². The molecule has 0 N–H and O–H groups in total. The highest BCUT2D eigenvalue weighted by molar-refractivity contribution is 14.1. The Hall–Kier alpha value is -3.67. The van der Waals surface area contributed by atoms with Crippen molar-refractivity contribution in [1.29, 1.82) is 0 Å². The smallest absolute Gasteiger partial charge is 0.343 e. The van der Waals surface area contributed by atoms with E-state index in [9.17, 15) is 22.8 Å². The number of fused-ring (bicyclic) bond motifs is 3. The minimum absolute atomic E-state index is 0.00343. The molecule has 0 bridgehead atoms.